The van der Waals surface area contributed by atoms with E-state index in [-0.39, 0.29) is 17.7 Å². The van der Waals surface area contributed by atoms with Crippen LogP contribution in [0.25, 0.3) is 23.2 Å². The van der Waals surface area contributed by atoms with Crippen LogP contribution in [0.15, 0.2) is 63.8 Å². The first kappa shape index (κ1) is 18.7. The number of amides is 1. The fourth-order valence-corrected chi connectivity index (χ4v) is 2.78. The van der Waals surface area contributed by atoms with Gasteiger partial charge < -0.3 is 18.9 Å². The molecule has 0 fully saturated rings. The van der Waals surface area contributed by atoms with Crippen LogP contribution < -0.4 is 10.1 Å². The molecule has 29 heavy (non-hydrogen) atoms. The number of benzene rings is 1. The first-order valence-corrected chi connectivity index (χ1v) is 9.09. The Morgan fingerprint density at radius 2 is 2.03 bits per heavy atom. The van der Waals surface area contributed by atoms with Gasteiger partial charge in [0.15, 0.2) is 5.76 Å². The second-order valence-corrected chi connectivity index (χ2v) is 6.28. The minimum atomic E-state index is -0.366. The Hall–Kier alpha value is -3.65. The zero-order valence-corrected chi connectivity index (χ0v) is 16.0. The average molecular weight is 411 g/mol. The number of hydrogen-bond donors (Lipinski definition) is 1. The van der Waals surface area contributed by atoms with Gasteiger partial charge in [-0.1, -0.05) is 11.6 Å². The summed E-state index contributed by atoms with van der Waals surface area (Å²) in [6, 6.07) is 11.6. The molecule has 0 radical (unpaired) electrons. The van der Waals surface area contributed by atoms with E-state index in [1.165, 1.54) is 12.5 Å². The van der Waals surface area contributed by atoms with Gasteiger partial charge in [0.05, 0.1) is 18.4 Å². The Morgan fingerprint density at radius 1 is 1.17 bits per heavy atom. The van der Waals surface area contributed by atoms with Crippen LogP contribution in [0.1, 0.15) is 17.3 Å². The topological polar surface area (TPSA) is 103 Å². The summed E-state index contributed by atoms with van der Waals surface area (Å²) in [6.45, 7) is 2.27. The molecule has 0 atom stereocenters. The monoisotopic (exact) mass is 410 g/mol. The van der Waals surface area contributed by atoms with Gasteiger partial charge in [0.1, 0.15) is 11.4 Å². The molecule has 0 aliphatic rings. The van der Waals surface area contributed by atoms with E-state index in [1.54, 1.807) is 42.5 Å². The highest BCUT2D eigenvalue weighted by Gasteiger charge is 2.16. The maximum Gasteiger partial charge on any atom is 0.283 e. The fraction of sp³-hybridized carbons (Fsp3) is 0.100. The Kier molecular flexibility index (Phi) is 5.26. The lowest BCUT2D eigenvalue weighted by Gasteiger charge is -2.11. The fourth-order valence-electron chi connectivity index (χ4n) is 2.61. The molecule has 3 heterocycles. The second-order valence-electron chi connectivity index (χ2n) is 5.85. The minimum absolute atomic E-state index is 0.199. The maximum absolute atomic E-state index is 12.7. The van der Waals surface area contributed by atoms with Crippen molar-refractivity contribution in [3.8, 4) is 29.0 Å². The zero-order chi connectivity index (χ0) is 20.2. The number of halogens is 1. The van der Waals surface area contributed by atoms with Crippen molar-refractivity contribution in [2.24, 2.45) is 0 Å². The Morgan fingerprint density at radius 3 is 2.83 bits per heavy atom. The summed E-state index contributed by atoms with van der Waals surface area (Å²) in [5, 5.41) is 11.2. The number of nitrogens with zero attached hydrogens (tertiary/aromatic N) is 3. The molecule has 1 amide bonds. The van der Waals surface area contributed by atoms with Gasteiger partial charge in [-0.25, -0.2) is 0 Å². The van der Waals surface area contributed by atoms with Gasteiger partial charge in [-0.05, 0) is 49.4 Å². The number of rotatable bonds is 6. The number of nitrogens with one attached hydrogen (secondary N) is 1. The van der Waals surface area contributed by atoms with E-state index in [2.05, 4.69) is 20.5 Å². The molecule has 146 valence electrons. The van der Waals surface area contributed by atoms with Crippen molar-refractivity contribution < 1.29 is 18.4 Å². The predicted molar refractivity (Wildman–Crippen MR) is 106 cm³/mol. The van der Waals surface area contributed by atoms with Gasteiger partial charge in [0.2, 0.25) is 0 Å². The number of carbonyl (C=O) groups excluding carboxylic acids is 1. The summed E-state index contributed by atoms with van der Waals surface area (Å²) in [7, 11) is 0. The largest absolute Gasteiger partial charge is 0.493 e. The van der Waals surface area contributed by atoms with E-state index < -0.39 is 0 Å². The third-order valence-electron chi connectivity index (χ3n) is 3.88. The van der Waals surface area contributed by atoms with Crippen LogP contribution in [0.3, 0.4) is 0 Å². The Labute approximate surface area is 170 Å². The smallest absolute Gasteiger partial charge is 0.283 e. The first-order chi connectivity index (χ1) is 14.1. The van der Waals surface area contributed by atoms with Crippen LogP contribution in [0.5, 0.6) is 5.75 Å². The standard InChI is InChI=1S/C20H15ClN4O4/c1-2-27-16-6-5-12(21)10-14(16)18(26)23-13-7-8-22-15(11-13)19-24-25-20(29-19)17-4-3-9-28-17/h3-11H,2H2,1H3,(H,22,23,26). The normalized spacial score (nSPS) is 10.7. The van der Waals surface area contributed by atoms with E-state index in [4.69, 9.17) is 25.2 Å². The molecule has 8 nitrogen and oxygen atoms in total. The predicted octanol–water partition coefficient (Wildman–Crippen LogP) is 4.70. The Balaban J connectivity index is 1.57. The summed E-state index contributed by atoms with van der Waals surface area (Å²) in [4.78, 5) is 17.0. The van der Waals surface area contributed by atoms with E-state index in [9.17, 15) is 4.79 Å². The summed E-state index contributed by atoms with van der Waals surface area (Å²) < 4.78 is 16.3. The van der Waals surface area contributed by atoms with Crippen molar-refractivity contribution in [3.63, 3.8) is 0 Å². The molecule has 9 heteroatoms. The van der Waals surface area contributed by atoms with Crippen LogP contribution in [0.2, 0.25) is 5.02 Å². The maximum atomic E-state index is 12.7. The quantitative estimate of drug-likeness (QED) is 0.491. The van der Waals surface area contributed by atoms with Gasteiger partial charge >= 0.3 is 0 Å². The van der Waals surface area contributed by atoms with E-state index in [0.717, 1.165) is 0 Å². The zero-order valence-electron chi connectivity index (χ0n) is 15.3. The number of anilines is 1. The molecule has 0 aliphatic heterocycles. The van der Waals surface area contributed by atoms with Crippen molar-refractivity contribution in [1.29, 1.82) is 0 Å². The molecule has 3 aromatic heterocycles. The lowest BCUT2D eigenvalue weighted by molar-refractivity contribution is 0.102. The average Bonchev–Trinajstić information content (AvgIpc) is 3.41. The summed E-state index contributed by atoms with van der Waals surface area (Å²) in [5.41, 5.74) is 1.24. The molecule has 4 aromatic rings. The lowest BCUT2D eigenvalue weighted by Crippen LogP contribution is -2.14. The van der Waals surface area contributed by atoms with Crippen molar-refractivity contribution in [2.45, 2.75) is 6.92 Å². The highest BCUT2D eigenvalue weighted by molar-refractivity contribution is 6.31. The van der Waals surface area contributed by atoms with Gasteiger partial charge in [-0.15, -0.1) is 10.2 Å². The van der Waals surface area contributed by atoms with Crippen LogP contribution >= 0.6 is 11.6 Å². The van der Waals surface area contributed by atoms with E-state index >= 15 is 0 Å². The van der Waals surface area contributed by atoms with Gasteiger partial charge in [0.25, 0.3) is 17.7 Å². The molecule has 4 rings (SSSR count). The molecule has 1 aromatic carbocycles. The van der Waals surface area contributed by atoms with E-state index in [0.29, 0.717) is 40.1 Å². The molecule has 0 unspecified atom stereocenters. The minimum Gasteiger partial charge on any atom is -0.493 e. The SMILES string of the molecule is CCOc1ccc(Cl)cc1C(=O)Nc1ccnc(-c2nnc(-c3ccco3)o2)c1. The summed E-state index contributed by atoms with van der Waals surface area (Å²) >= 11 is 6.03. The molecule has 0 saturated heterocycles. The summed E-state index contributed by atoms with van der Waals surface area (Å²) in [5.74, 6) is 0.975. The lowest BCUT2D eigenvalue weighted by atomic mass is 10.2. The van der Waals surface area contributed by atoms with Crippen LogP contribution in [0, 0.1) is 0 Å². The van der Waals surface area contributed by atoms with Crippen molar-refractivity contribution in [3.05, 3.63) is 65.5 Å². The second kappa shape index (κ2) is 8.15. The van der Waals surface area contributed by atoms with Gasteiger partial charge in [-0.2, -0.15) is 0 Å². The number of pyridine rings is 1. The van der Waals surface area contributed by atoms with Crippen molar-refractivity contribution in [2.75, 3.05) is 11.9 Å². The first-order valence-electron chi connectivity index (χ1n) is 8.71. The molecule has 0 spiro atoms. The number of ether oxygens (including phenoxy) is 1. The van der Waals surface area contributed by atoms with Crippen LogP contribution in [-0.4, -0.2) is 27.7 Å². The number of carbonyl (C=O) groups is 1. The van der Waals surface area contributed by atoms with Gasteiger partial charge in [0, 0.05) is 16.9 Å². The summed E-state index contributed by atoms with van der Waals surface area (Å²) in [6.07, 6.45) is 3.04. The molecule has 0 aliphatic carbocycles. The van der Waals surface area contributed by atoms with Crippen molar-refractivity contribution in [1.82, 2.24) is 15.2 Å². The van der Waals surface area contributed by atoms with Crippen LogP contribution in [-0.2, 0) is 0 Å². The number of aromatic nitrogens is 3. The highest BCUT2D eigenvalue weighted by atomic mass is 35.5. The molecular weight excluding hydrogens is 396 g/mol. The number of hydrogen-bond acceptors (Lipinski definition) is 7. The van der Waals surface area contributed by atoms with Crippen LogP contribution in [0.4, 0.5) is 5.69 Å². The molecule has 0 bridgehead atoms. The third-order valence-corrected chi connectivity index (χ3v) is 4.12. The Bertz CT molecular complexity index is 1140. The third kappa shape index (κ3) is 4.12. The molecular formula is C20H15ClN4O4. The van der Waals surface area contributed by atoms with Crippen molar-refractivity contribution >= 4 is 23.2 Å². The molecule has 1 N–H and O–H groups in total. The van der Waals surface area contributed by atoms with Gasteiger partial charge in [-0.3, -0.25) is 9.78 Å². The number of furan rings is 1. The van der Waals surface area contributed by atoms with E-state index in [1.807, 2.05) is 6.92 Å². The highest BCUT2D eigenvalue weighted by Crippen LogP contribution is 2.26. The molecule has 0 saturated carbocycles.